The lowest BCUT2D eigenvalue weighted by atomic mass is 10.0. The number of aromatic hydroxyl groups is 1. The molecular formula is C26H42O3. The zero-order valence-corrected chi connectivity index (χ0v) is 18.8. The highest BCUT2D eigenvalue weighted by atomic mass is 16.5. The number of rotatable bonds is 18. The minimum absolute atomic E-state index is 0.0475. The topological polar surface area (TPSA) is 46.5 Å². The number of phenols is 1. The molecule has 0 aliphatic heterocycles. The molecule has 1 rings (SSSR count). The molecule has 0 radical (unpaired) electrons. The van der Waals surface area contributed by atoms with E-state index < -0.39 is 0 Å². The SMILES string of the molecule is CCCCCCCCCCCCCCCCC=CC(=O)c1ccc(O)c(OC)c1. The van der Waals surface area contributed by atoms with E-state index in [-0.39, 0.29) is 11.5 Å². The van der Waals surface area contributed by atoms with E-state index in [1.54, 1.807) is 18.2 Å². The Hall–Kier alpha value is -1.77. The second kappa shape index (κ2) is 17.1. The normalized spacial score (nSPS) is 11.2. The molecule has 0 amide bonds. The molecule has 3 heteroatoms. The van der Waals surface area contributed by atoms with Gasteiger partial charge < -0.3 is 9.84 Å². The first kappa shape index (κ1) is 25.3. The summed E-state index contributed by atoms with van der Waals surface area (Å²) in [4.78, 5) is 12.1. The van der Waals surface area contributed by atoms with Crippen LogP contribution in [0.25, 0.3) is 0 Å². The molecule has 0 spiro atoms. The highest BCUT2D eigenvalue weighted by Crippen LogP contribution is 2.26. The lowest BCUT2D eigenvalue weighted by Gasteiger charge is -2.04. The van der Waals surface area contributed by atoms with Crippen LogP contribution in [0.1, 0.15) is 114 Å². The van der Waals surface area contributed by atoms with Gasteiger partial charge in [0.1, 0.15) is 0 Å². The van der Waals surface area contributed by atoms with E-state index in [0.717, 1.165) is 12.8 Å². The predicted molar refractivity (Wildman–Crippen MR) is 123 cm³/mol. The highest BCUT2D eigenvalue weighted by molar-refractivity contribution is 6.04. The maximum atomic E-state index is 12.1. The van der Waals surface area contributed by atoms with E-state index in [1.165, 1.54) is 96.6 Å². The molecule has 3 nitrogen and oxygen atoms in total. The molecule has 29 heavy (non-hydrogen) atoms. The first-order valence-electron chi connectivity index (χ1n) is 11.8. The summed E-state index contributed by atoms with van der Waals surface area (Å²) in [6.07, 6.45) is 23.6. The Bertz CT molecular complexity index is 577. The summed E-state index contributed by atoms with van der Waals surface area (Å²) in [6.45, 7) is 2.27. The maximum Gasteiger partial charge on any atom is 0.185 e. The fourth-order valence-corrected chi connectivity index (χ4v) is 3.57. The molecule has 0 bridgehead atoms. The van der Waals surface area contributed by atoms with E-state index >= 15 is 0 Å². The number of allylic oxidation sites excluding steroid dienone is 2. The monoisotopic (exact) mass is 402 g/mol. The van der Waals surface area contributed by atoms with Crippen LogP contribution in [-0.2, 0) is 0 Å². The van der Waals surface area contributed by atoms with Gasteiger partial charge in [0.25, 0.3) is 0 Å². The van der Waals surface area contributed by atoms with Crippen molar-refractivity contribution in [3.63, 3.8) is 0 Å². The van der Waals surface area contributed by atoms with Gasteiger partial charge in [-0.3, -0.25) is 4.79 Å². The van der Waals surface area contributed by atoms with Crippen molar-refractivity contribution in [3.05, 3.63) is 35.9 Å². The van der Waals surface area contributed by atoms with E-state index in [1.807, 2.05) is 6.08 Å². The summed E-state index contributed by atoms with van der Waals surface area (Å²) in [5, 5.41) is 9.59. The van der Waals surface area contributed by atoms with Gasteiger partial charge in [-0.2, -0.15) is 0 Å². The number of unbranched alkanes of at least 4 members (excludes halogenated alkanes) is 14. The average molecular weight is 403 g/mol. The van der Waals surface area contributed by atoms with Crippen LogP contribution in [0.3, 0.4) is 0 Å². The van der Waals surface area contributed by atoms with Crippen molar-refractivity contribution in [2.75, 3.05) is 7.11 Å². The summed E-state index contributed by atoms with van der Waals surface area (Å²) in [5.41, 5.74) is 0.539. The van der Waals surface area contributed by atoms with Crippen LogP contribution in [0.15, 0.2) is 30.4 Å². The van der Waals surface area contributed by atoms with Gasteiger partial charge in [-0.05, 0) is 37.1 Å². The lowest BCUT2D eigenvalue weighted by molar-refractivity contribution is 0.104. The Kier molecular flexibility index (Phi) is 14.9. The summed E-state index contributed by atoms with van der Waals surface area (Å²) >= 11 is 0. The van der Waals surface area contributed by atoms with Gasteiger partial charge in [0.2, 0.25) is 0 Å². The molecule has 1 N–H and O–H groups in total. The molecule has 164 valence electrons. The Morgan fingerprint density at radius 1 is 0.862 bits per heavy atom. The number of carbonyl (C=O) groups excluding carboxylic acids is 1. The second-order valence-corrected chi connectivity index (χ2v) is 8.04. The van der Waals surface area contributed by atoms with Crippen molar-refractivity contribution in [2.45, 2.75) is 103 Å². The minimum Gasteiger partial charge on any atom is -0.504 e. The third-order valence-electron chi connectivity index (χ3n) is 5.46. The van der Waals surface area contributed by atoms with Crippen molar-refractivity contribution in [1.82, 2.24) is 0 Å². The van der Waals surface area contributed by atoms with Gasteiger partial charge in [-0.15, -0.1) is 0 Å². The van der Waals surface area contributed by atoms with Crippen LogP contribution in [0.5, 0.6) is 11.5 Å². The number of hydrogen-bond donors (Lipinski definition) is 1. The van der Waals surface area contributed by atoms with Crippen LogP contribution in [0.4, 0.5) is 0 Å². The fourth-order valence-electron chi connectivity index (χ4n) is 3.57. The number of carbonyl (C=O) groups is 1. The molecule has 0 heterocycles. The Morgan fingerprint density at radius 2 is 1.38 bits per heavy atom. The predicted octanol–water partition coefficient (Wildman–Crippen LogP) is 8.01. The first-order chi connectivity index (χ1) is 14.2. The van der Waals surface area contributed by atoms with Gasteiger partial charge in [-0.25, -0.2) is 0 Å². The van der Waals surface area contributed by atoms with E-state index in [2.05, 4.69) is 6.92 Å². The number of benzene rings is 1. The number of phenolic OH excluding ortho intramolecular Hbond substituents is 1. The van der Waals surface area contributed by atoms with Crippen molar-refractivity contribution in [3.8, 4) is 11.5 Å². The van der Waals surface area contributed by atoms with E-state index in [9.17, 15) is 9.90 Å². The molecule has 1 aromatic rings. The standard InChI is InChI=1S/C26H42O3/c1-3-4-5-6-7-8-9-10-11-12-13-14-15-16-17-18-19-24(27)23-20-21-25(28)26(22-23)29-2/h18-22,28H,3-17H2,1-2H3. The molecule has 0 fully saturated rings. The largest absolute Gasteiger partial charge is 0.504 e. The van der Waals surface area contributed by atoms with Crippen LogP contribution in [0.2, 0.25) is 0 Å². The van der Waals surface area contributed by atoms with Gasteiger partial charge in [0, 0.05) is 5.56 Å². The third-order valence-corrected chi connectivity index (χ3v) is 5.46. The zero-order valence-electron chi connectivity index (χ0n) is 18.8. The smallest absolute Gasteiger partial charge is 0.185 e. The minimum atomic E-state index is -0.0475. The van der Waals surface area contributed by atoms with Crippen molar-refractivity contribution in [2.24, 2.45) is 0 Å². The fraction of sp³-hybridized carbons (Fsp3) is 0.654. The Balaban J connectivity index is 1.96. The molecule has 0 aromatic heterocycles. The van der Waals surface area contributed by atoms with Crippen LogP contribution < -0.4 is 4.74 Å². The van der Waals surface area contributed by atoms with Gasteiger partial charge in [0.15, 0.2) is 17.3 Å². The van der Waals surface area contributed by atoms with Crippen LogP contribution in [0, 0.1) is 0 Å². The van der Waals surface area contributed by atoms with Crippen molar-refractivity contribution >= 4 is 5.78 Å². The first-order valence-corrected chi connectivity index (χ1v) is 11.8. The molecular weight excluding hydrogens is 360 g/mol. The number of methoxy groups -OCH3 is 1. The zero-order chi connectivity index (χ0) is 21.2. The summed E-state index contributed by atoms with van der Waals surface area (Å²) in [7, 11) is 1.48. The van der Waals surface area contributed by atoms with Gasteiger partial charge in [-0.1, -0.05) is 96.5 Å². The molecule has 0 aliphatic carbocycles. The molecule has 0 saturated heterocycles. The maximum absolute atomic E-state index is 12.1. The quantitative estimate of drug-likeness (QED) is 0.154. The van der Waals surface area contributed by atoms with Crippen LogP contribution in [-0.4, -0.2) is 18.0 Å². The molecule has 1 aromatic carbocycles. The van der Waals surface area contributed by atoms with Gasteiger partial charge >= 0.3 is 0 Å². The number of hydrogen-bond acceptors (Lipinski definition) is 3. The summed E-state index contributed by atoms with van der Waals surface area (Å²) < 4.78 is 5.04. The second-order valence-electron chi connectivity index (χ2n) is 8.04. The van der Waals surface area contributed by atoms with Crippen LogP contribution >= 0.6 is 0 Å². The molecule has 0 saturated carbocycles. The van der Waals surface area contributed by atoms with E-state index in [4.69, 9.17) is 4.74 Å². The highest BCUT2D eigenvalue weighted by Gasteiger charge is 2.07. The Morgan fingerprint density at radius 3 is 1.90 bits per heavy atom. The molecule has 0 atom stereocenters. The number of ether oxygens (including phenoxy) is 1. The van der Waals surface area contributed by atoms with Gasteiger partial charge in [0.05, 0.1) is 7.11 Å². The van der Waals surface area contributed by atoms with E-state index in [0.29, 0.717) is 11.3 Å². The van der Waals surface area contributed by atoms with Crippen molar-refractivity contribution in [1.29, 1.82) is 0 Å². The third kappa shape index (κ3) is 12.4. The molecule has 0 unspecified atom stereocenters. The summed E-state index contributed by atoms with van der Waals surface area (Å²) in [5.74, 6) is 0.334. The average Bonchev–Trinajstić information content (AvgIpc) is 2.73. The lowest BCUT2D eigenvalue weighted by Crippen LogP contribution is -1.95. The summed E-state index contributed by atoms with van der Waals surface area (Å²) in [6, 6.07) is 4.69. The Labute approximate surface area is 178 Å². The van der Waals surface area contributed by atoms with Crippen molar-refractivity contribution < 1.29 is 14.6 Å². The molecule has 0 aliphatic rings. The number of ketones is 1.